The van der Waals surface area contributed by atoms with Crippen molar-refractivity contribution in [2.75, 3.05) is 13.7 Å². The third-order valence-corrected chi connectivity index (χ3v) is 3.07. The molecule has 0 saturated heterocycles. The highest BCUT2D eigenvalue weighted by Crippen LogP contribution is 2.34. The molecule has 0 unspecified atom stereocenters. The Morgan fingerprint density at radius 2 is 2.22 bits per heavy atom. The highest BCUT2D eigenvalue weighted by atomic mass is 35.5. The van der Waals surface area contributed by atoms with E-state index >= 15 is 0 Å². The van der Waals surface area contributed by atoms with Crippen molar-refractivity contribution in [3.05, 3.63) is 34.7 Å². The van der Waals surface area contributed by atoms with Gasteiger partial charge in [0.1, 0.15) is 12.0 Å². The number of nitrogens with zero attached hydrogens (tertiary/aromatic N) is 1. The van der Waals surface area contributed by atoms with Crippen molar-refractivity contribution in [3.63, 3.8) is 0 Å². The minimum Gasteiger partial charge on any atom is -0.496 e. The number of aromatic nitrogens is 1. The van der Waals surface area contributed by atoms with Crippen molar-refractivity contribution in [1.29, 1.82) is 0 Å². The first-order valence-electron chi connectivity index (χ1n) is 5.64. The molecule has 0 amide bonds. The van der Waals surface area contributed by atoms with E-state index < -0.39 is 0 Å². The highest BCUT2D eigenvalue weighted by Gasteiger charge is 2.14. The Hall–Kier alpha value is -1.52. The fraction of sp³-hybridized carbons (Fsp3) is 0.308. The van der Waals surface area contributed by atoms with Crippen LogP contribution in [-0.2, 0) is 6.42 Å². The van der Waals surface area contributed by atoms with E-state index in [1.165, 1.54) is 0 Å². The second kappa shape index (κ2) is 5.42. The maximum absolute atomic E-state index is 6.12. The quantitative estimate of drug-likeness (QED) is 0.924. The SMILES string of the molecule is COc1cc(C)c(Cl)cc1-c1nc(CCN)co1. The smallest absolute Gasteiger partial charge is 0.229 e. The van der Waals surface area contributed by atoms with Crippen LogP contribution in [0.5, 0.6) is 5.75 Å². The number of methoxy groups -OCH3 is 1. The van der Waals surface area contributed by atoms with Crippen molar-refractivity contribution in [2.24, 2.45) is 5.73 Å². The Labute approximate surface area is 111 Å². The second-order valence-electron chi connectivity index (χ2n) is 3.98. The highest BCUT2D eigenvalue weighted by molar-refractivity contribution is 6.31. The number of aryl methyl sites for hydroxylation is 1. The Morgan fingerprint density at radius 1 is 1.44 bits per heavy atom. The van der Waals surface area contributed by atoms with Gasteiger partial charge in [0.25, 0.3) is 0 Å². The van der Waals surface area contributed by atoms with Crippen LogP contribution < -0.4 is 10.5 Å². The molecule has 5 heteroatoms. The van der Waals surface area contributed by atoms with Crippen molar-refractivity contribution in [1.82, 2.24) is 4.98 Å². The van der Waals surface area contributed by atoms with Gasteiger partial charge >= 0.3 is 0 Å². The molecule has 1 aromatic heterocycles. The van der Waals surface area contributed by atoms with Gasteiger partial charge in [0, 0.05) is 11.4 Å². The topological polar surface area (TPSA) is 61.3 Å². The van der Waals surface area contributed by atoms with Crippen LogP contribution in [0.25, 0.3) is 11.5 Å². The van der Waals surface area contributed by atoms with Crippen LogP contribution in [0.15, 0.2) is 22.8 Å². The largest absolute Gasteiger partial charge is 0.496 e. The summed E-state index contributed by atoms with van der Waals surface area (Å²) < 4.78 is 10.8. The summed E-state index contributed by atoms with van der Waals surface area (Å²) in [6, 6.07) is 3.66. The number of benzene rings is 1. The van der Waals surface area contributed by atoms with E-state index in [-0.39, 0.29) is 0 Å². The van der Waals surface area contributed by atoms with E-state index in [9.17, 15) is 0 Å². The molecule has 18 heavy (non-hydrogen) atoms. The normalized spacial score (nSPS) is 10.7. The first-order chi connectivity index (χ1) is 8.65. The van der Waals surface area contributed by atoms with E-state index in [0.717, 1.165) is 16.8 Å². The zero-order valence-corrected chi connectivity index (χ0v) is 11.1. The van der Waals surface area contributed by atoms with E-state index in [2.05, 4.69) is 4.98 Å². The number of rotatable bonds is 4. The average molecular weight is 267 g/mol. The third kappa shape index (κ3) is 2.49. The standard InChI is InChI=1S/C13H15ClN2O2/c1-8-5-12(17-2)10(6-11(8)14)13-16-9(3-4-15)7-18-13/h5-7H,3-4,15H2,1-2H3. The van der Waals surface area contributed by atoms with Crippen molar-refractivity contribution >= 4 is 11.6 Å². The lowest BCUT2D eigenvalue weighted by Crippen LogP contribution is -2.02. The van der Waals surface area contributed by atoms with Gasteiger partial charge in [-0.05, 0) is 31.2 Å². The molecule has 1 heterocycles. The van der Waals surface area contributed by atoms with Gasteiger partial charge in [-0.15, -0.1) is 0 Å². The molecule has 0 atom stereocenters. The van der Waals surface area contributed by atoms with Crippen molar-refractivity contribution in [2.45, 2.75) is 13.3 Å². The number of hydrogen-bond acceptors (Lipinski definition) is 4. The van der Waals surface area contributed by atoms with Gasteiger partial charge in [-0.25, -0.2) is 4.98 Å². The fourth-order valence-corrected chi connectivity index (χ4v) is 1.85. The van der Waals surface area contributed by atoms with Gasteiger partial charge in [0.2, 0.25) is 5.89 Å². The maximum atomic E-state index is 6.12. The second-order valence-corrected chi connectivity index (χ2v) is 4.39. The lowest BCUT2D eigenvalue weighted by Gasteiger charge is -2.08. The minimum atomic E-state index is 0.497. The summed E-state index contributed by atoms with van der Waals surface area (Å²) in [5.41, 5.74) is 8.00. The van der Waals surface area contributed by atoms with Crippen molar-refractivity contribution < 1.29 is 9.15 Å². The maximum Gasteiger partial charge on any atom is 0.229 e. The molecule has 1 aromatic carbocycles. The minimum absolute atomic E-state index is 0.497. The zero-order valence-electron chi connectivity index (χ0n) is 10.4. The third-order valence-electron chi connectivity index (χ3n) is 2.66. The van der Waals surface area contributed by atoms with Gasteiger partial charge in [-0.2, -0.15) is 0 Å². The van der Waals surface area contributed by atoms with Gasteiger partial charge in [0.05, 0.1) is 18.4 Å². The summed E-state index contributed by atoms with van der Waals surface area (Å²) in [5.74, 6) is 1.19. The van der Waals surface area contributed by atoms with Crippen LogP contribution in [0.2, 0.25) is 5.02 Å². The van der Waals surface area contributed by atoms with Crippen LogP contribution in [0.1, 0.15) is 11.3 Å². The monoisotopic (exact) mass is 266 g/mol. The Bertz CT molecular complexity index is 552. The molecule has 2 rings (SSSR count). The molecule has 0 bridgehead atoms. The van der Waals surface area contributed by atoms with E-state index in [0.29, 0.717) is 29.6 Å². The molecule has 2 N–H and O–H groups in total. The lowest BCUT2D eigenvalue weighted by atomic mass is 10.1. The first-order valence-corrected chi connectivity index (χ1v) is 6.02. The summed E-state index contributed by atoms with van der Waals surface area (Å²) in [7, 11) is 1.61. The summed E-state index contributed by atoms with van der Waals surface area (Å²) in [5, 5.41) is 0.657. The first kappa shape index (κ1) is 12.9. The molecule has 0 aliphatic rings. The van der Waals surface area contributed by atoms with Crippen LogP contribution in [-0.4, -0.2) is 18.6 Å². The van der Waals surface area contributed by atoms with Crippen LogP contribution in [0, 0.1) is 6.92 Å². The number of nitrogens with two attached hydrogens (primary N) is 1. The molecule has 2 aromatic rings. The molecule has 0 saturated carbocycles. The predicted molar refractivity (Wildman–Crippen MR) is 71.0 cm³/mol. The number of halogens is 1. The molecule has 0 radical (unpaired) electrons. The molecular weight excluding hydrogens is 252 g/mol. The van der Waals surface area contributed by atoms with E-state index in [1.54, 1.807) is 19.4 Å². The molecule has 0 fully saturated rings. The summed E-state index contributed by atoms with van der Waals surface area (Å²) in [6.45, 7) is 2.46. The molecule has 96 valence electrons. The Morgan fingerprint density at radius 3 is 2.89 bits per heavy atom. The number of ether oxygens (including phenoxy) is 1. The van der Waals surface area contributed by atoms with Gasteiger partial charge < -0.3 is 14.9 Å². The van der Waals surface area contributed by atoms with Crippen LogP contribution >= 0.6 is 11.6 Å². The molecule has 4 nitrogen and oxygen atoms in total. The number of oxazole rings is 1. The van der Waals surface area contributed by atoms with Gasteiger partial charge in [-0.3, -0.25) is 0 Å². The molecule has 0 aliphatic carbocycles. The average Bonchev–Trinajstić information content (AvgIpc) is 2.81. The van der Waals surface area contributed by atoms with Gasteiger partial charge in [-0.1, -0.05) is 11.6 Å². The Balaban J connectivity index is 2.45. The predicted octanol–water partition coefficient (Wildman–Crippen LogP) is 2.81. The molecule has 0 aliphatic heterocycles. The van der Waals surface area contributed by atoms with Gasteiger partial charge in [0.15, 0.2) is 0 Å². The molecular formula is C13H15ClN2O2. The summed E-state index contributed by atoms with van der Waals surface area (Å²) in [4.78, 5) is 4.36. The van der Waals surface area contributed by atoms with E-state index in [4.69, 9.17) is 26.5 Å². The van der Waals surface area contributed by atoms with Crippen LogP contribution in [0.4, 0.5) is 0 Å². The van der Waals surface area contributed by atoms with Crippen LogP contribution in [0.3, 0.4) is 0 Å². The lowest BCUT2D eigenvalue weighted by molar-refractivity contribution is 0.414. The Kier molecular flexibility index (Phi) is 3.89. The number of hydrogen-bond donors (Lipinski definition) is 1. The summed E-state index contributed by atoms with van der Waals surface area (Å²) >= 11 is 6.12. The molecule has 0 spiro atoms. The fourth-order valence-electron chi connectivity index (χ4n) is 1.68. The van der Waals surface area contributed by atoms with Crippen molar-refractivity contribution in [3.8, 4) is 17.2 Å². The van der Waals surface area contributed by atoms with E-state index in [1.807, 2.05) is 13.0 Å². The summed E-state index contributed by atoms with van der Waals surface area (Å²) in [6.07, 6.45) is 2.29. The zero-order chi connectivity index (χ0) is 13.1.